The van der Waals surface area contributed by atoms with Crippen LogP contribution in [0.15, 0.2) is 41.1 Å². The third-order valence-electron chi connectivity index (χ3n) is 3.47. The summed E-state index contributed by atoms with van der Waals surface area (Å²) in [5, 5.41) is 19.4. The van der Waals surface area contributed by atoms with Crippen LogP contribution in [0.5, 0.6) is 0 Å². The van der Waals surface area contributed by atoms with Crippen LogP contribution in [0, 0.1) is 0 Å². The van der Waals surface area contributed by atoms with E-state index in [0.717, 1.165) is 24.2 Å². The monoisotopic (exact) mass is 318 g/mol. The Hall–Kier alpha value is -1.85. The van der Waals surface area contributed by atoms with Gasteiger partial charge in [0.25, 0.3) is 0 Å². The van der Waals surface area contributed by atoms with Crippen molar-refractivity contribution in [2.24, 2.45) is 0 Å². The van der Waals surface area contributed by atoms with Gasteiger partial charge >= 0.3 is 0 Å². The number of anilines is 1. The summed E-state index contributed by atoms with van der Waals surface area (Å²) in [7, 11) is 0. The van der Waals surface area contributed by atoms with Crippen LogP contribution < -0.4 is 10.6 Å². The molecule has 0 saturated carbocycles. The van der Waals surface area contributed by atoms with E-state index in [0.29, 0.717) is 6.42 Å². The fraction of sp³-hybridized carbons (Fsp3) is 0.353. The molecule has 0 aliphatic rings. The van der Waals surface area contributed by atoms with Gasteiger partial charge in [-0.05, 0) is 46.5 Å². The van der Waals surface area contributed by atoms with Crippen molar-refractivity contribution in [3.63, 3.8) is 0 Å². The molecule has 0 unspecified atom stereocenters. The molecule has 3 N–H and O–H groups in total. The minimum atomic E-state index is -0.154. The fourth-order valence-electron chi connectivity index (χ4n) is 2.08. The van der Waals surface area contributed by atoms with Crippen molar-refractivity contribution in [2.75, 3.05) is 11.9 Å². The van der Waals surface area contributed by atoms with Crippen LogP contribution in [0.3, 0.4) is 0 Å². The van der Waals surface area contributed by atoms with Gasteiger partial charge in [-0.2, -0.15) is 11.3 Å². The Bertz CT molecular complexity index is 563. The maximum Gasteiger partial charge on any atom is 0.224 e. The van der Waals surface area contributed by atoms with Crippen molar-refractivity contribution in [2.45, 2.75) is 32.4 Å². The van der Waals surface area contributed by atoms with Gasteiger partial charge in [0, 0.05) is 12.2 Å². The number of benzene rings is 1. The van der Waals surface area contributed by atoms with Crippen molar-refractivity contribution in [3.8, 4) is 0 Å². The first-order chi connectivity index (χ1) is 10.7. The van der Waals surface area contributed by atoms with E-state index in [1.165, 1.54) is 5.56 Å². The van der Waals surface area contributed by atoms with Crippen LogP contribution >= 0.6 is 11.3 Å². The highest BCUT2D eigenvalue weighted by atomic mass is 32.1. The fourth-order valence-corrected chi connectivity index (χ4v) is 2.75. The molecule has 1 aromatic heterocycles. The number of amides is 1. The average Bonchev–Trinajstić information content (AvgIpc) is 3.05. The summed E-state index contributed by atoms with van der Waals surface area (Å²) in [4.78, 5) is 11.9. The Labute approximate surface area is 135 Å². The summed E-state index contributed by atoms with van der Waals surface area (Å²) in [6.07, 6.45) is 1.06. The van der Waals surface area contributed by atoms with Crippen LogP contribution in [0.4, 0.5) is 5.69 Å². The standard InChI is InChI=1S/C17H22N2O2S/c1-2-15(11-20)19-17(21)9-13-3-5-16(6-4-13)18-10-14-7-8-22-12-14/h3-8,12,15,18,20H,2,9-11H2,1H3,(H,19,21)/t15-/m0/s1. The summed E-state index contributed by atoms with van der Waals surface area (Å²) in [6.45, 7) is 2.72. The Kier molecular flexibility index (Phi) is 6.43. The summed E-state index contributed by atoms with van der Waals surface area (Å²) in [6, 6.07) is 9.82. The van der Waals surface area contributed by atoms with Crippen molar-refractivity contribution >= 4 is 22.9 Å². The van der Waals surface area contributed by atoms with Gasteiger partial charge in [-0.25, -0.2) is 0 Å². The van der Waals surface area contributed by atoms with Gasteiger partial charge in [-0.3, -0.25) is 4.79 Å². The molecule has 0 aliphatic heterocycles. The van der Waals surface area contributed by atoms with E-state index in [-0.39, 0.29) is 18.6 Å². The molecule has 0 fully saturated rings. The third-order valence-corrected chi connectivity index (χ3v) is 4.21. The van der Waals surface area contributed by atoms with E-state index >= 15 is 0 Å². The minimum absolute atomic E-state index is 0.0202. The Morgan fingerprint density at radius 2 is 2.00 bits per heavy atom. The maximum atomic E-state index is 11.9. The lowest BCUT2D eigenvalue weighted by Gasteiger charge is -2.14. The van der Waals surface area contributed by atoms with Crippen molar-refractivity contribution in [1.82, 2.24) is 5.32 Å². The molecule has 0 spiro atoms. The Morgan fingerprint density at radius 3 is 2.59 bits per heavy atom. The molecule has 4 nitrogen and oxygen atoms in total. The summed E-state index contributed by atoms with van der Waals surface area (Å²) in [5.74, 6) is -0.0557. The molecule has 118 valence electrons. The number of carbonyl (C=O) groups is 1. The molecule has 1 atom stereocenters. The maximum absolute atomic E-state index is 11.9. The van der Waals surface area contributed by atoms with Crippen LogP contribution in [0.2, 0.25) is 0 Å². The zero-order valence-corrected chi connectivity index (χ0v) is 13.5. The van der Waals surface area contributed by atoms with Crippen molar-refractivity contribution in [1.29, 1.82) is 0 Å². The van der Waals surface area contributed by atoms with Crippen LogP contribution in [-0.4, -0.2) is 23.7 Å². The highest BCUT2D eigenvalue weighted by Gasteiger charge is 2.09. The van der Waals surface area contributed by atoms with Crippen LogP contribution in [0.1, 0.15) is 24.5 Å². The highest BCUT2D eigenvalue weighted by molar-refractivity contribution is 7.07. The quantitative estimate of drug-likeness (QED) is 0.701. The first-order valence-corrected chi connectivity index (χ1v) is 8.39. The topological polar surface area (TPSA) is 61.4 Å². The first-order valence-electron chi connectivity index (χ1n) is 7.45. The highest BCUT2D eigenvalue weighted by Crippen LogP contribution is 2.13. The van der Waals surface area contributed by atoms with E-state index in [2.05, 4.69) is 27.5 Å². The molecule has 22 heavy (non-hydrogen) atoms. The van der Waals surface area contributed by atoms with Gasteiger partial charge in [0.05, 0.1) is 19.1 Å². The number of hydrogen-bond donors (Lipinski definition) is 3. The smallest absolute Gasteiger partial charge is 0.224 e. The molecule has 1 amide bonds. The first kappa shape index (κ1) is 16.5. The van der Waals surface area contributed by atoms with E-state index in [9.17, 15) is 4.79 Å². The lowest BCUT2D eigenvalue weighted by atomic mass is 10.1. The molecule has 1 heterocycles. The molecule has 5 heteroatoms. The predicted molar refractivity (Wildman–Crippen MR) is 91.1 cm³/mol. The lowest BCUT2D eigenvalue weighted by Crippen LogP contribution is -2.37. The zero-order chi connectivity index (χ0) is 15.8. The molecule has 0 radical (unpaired) electrons. The number of aliphatic hydroxyl groups excluding tert-OH is 1. The molecular weight excluding hydrogens is 296 g/mol. The minimum Gasteiger partial charge on any atom is -0.394 e. The predicted octanol–water partition coefficient (Wildman–Crippen LogP) is 2.79. The van der Waals surface area contributed by atoms with E-state index in [1.807, 2.05) is 31.2 Å². The largest absolute Gasteiger partial charge is 0.394 e. The number of aliphatic hydroxyl groups is 1. The van der Waals surface area contributed by atoms with Gasteiger partial charge in [-0.1, -0.05) is 19.1 Å². The van der Waals surface area contributed by atoms with E-state index < -0.39 is 0 Å². The lowest BCUT2D eigenvalue weighted by molar-refractivity contribution is -0.121. The second-order valence-electron chi connectivity index (χ2n) is 5.21. The van der Waals surface area contributed by atoms with Gasteiger partial charge in [0.2, 0.25) is 5.91 Å². The molecule has 2 aromatic rings. The van der Waals surface area contributed by atoms with E-state index in [1.54, 1.807) is 11.3 Å². The van der Waals surface area contributed by atoms with Crippen molar-refractivity contribution in [3.05, 3.63) is 52.2 Å². The van der Waals surface area contributed by atoms with Crippen molar-refractivity contribution < 1.29 is 9.90 Å². The summed E-state index contributed by atoms with van der Waals surface area (Å²) < 4.78 is 0. The number of thiophene rings is 1. The SMILES string of the molecule is CC[C@@H](CO)NC(=O)Cc1ccc(NCc2ccsc2)cc1. The zero-order valence-electron chi connectivity index (χ0n) is 12.7. The van der Waals surface area contributed by atoms with Crippen LogP contribution in [-0.2, 0) is 17.8 Å². The molecule has 0 saturated heterocycles. The summed E-state index contributed by atoms with van der Waals surface area (Å²) in [5.41, 5.74) is 3.27. The van der Waals surface area contributed by atoms with E-state index in [4.69, 9.17) is 5.11 Å². The Balaban J connectivity index is 1.82. The number of nitrogens with one attached hydrogen (secondary N) is 2. The van der Waals surface area contributed by atoms with Gasteiger partial charge in [-0.15, -0.1) is 0 Å². The van der Waals surface area contributed by atoms with Gasteiger partial charge in [0.15, 0.2) is 0 Å². The third kappa shape index (κ3) is 5.16. The molecular formula is C17H22N2O2S. The summed E-state index contributed by atoms with van der Waals surface area (Å²) >= 11 is 1.69. The van der Waals surface area contributed by atoms with Crippen LogP contribution in [0.25, 0.3) is 0 Å². The normalized spacial score (nSPS) is 11.9. The second-order valence-corrected chi connectivity index (χ2v) is 5.99. The number of hydrogen-bond acceptors (Lipinski definition) is 4. The van der Waals surface area contributed by atoms with Gasteiger partial charge in [0.1, 0.15) is 0 Å². The molecule has 0 aliphatic carbocycles. The van der Waals surface area contributed by atoms with Gasteiger partial charge < -0.3 is 15.7 Å². The molecule has 1 aromatic carbocycles. The Morgan fingerprint density at radius 1 is 1.23 bits per heavy atom. The average molecular weight is 318 g/mol. The number of carbonyl (C=O) groups excluding carboxylic acids is 1. The molecule has 0 bridgehead atoms. The number of rotatable bonds is 8. The second kappa shape index (κ2) is 8.56. The molecule has 2 rings (SSSR count).